The van der Waals surface area contributed by atoms with Crippen LogP contribution in [0.25, 0.3) is 0 Å². The van der Waals surface area contributed by atoms with Crippen LogP contribution in [0.3, 0.4) is 0 Å². The molecule has 2 aliphatic rings. The topological polar surface area (TPSA) is 68.7 Å². The van der Waals surface area contributed by atoms with Gasteiger partial charge < -0.3 is 15.1 Å². The van der Waals surface area contributed by atoms with Gasteiger partial charge in [-0.2, -0.15) is 5.10 Å². The van der Waals surface area contributed by atoms with E-state index in [1.165, 1.54) is 0 Å². The number of hydrazone groups is 1. The molecular weight excluding hydrogens is 382 g/mol. The second kappa shape index (κ2) is 8.06. The smallest absolute Gasteiger partial charge is 0.189 e. The van der Waals surface area contributed by atoms with E-state index in [1.807, 2.05) is 18.3 Å². The van der Waals surface area contributed by atoms with E-state index >= 15 is 0 Å². The number of nitrogens with one attached hydrogen (secondary N) is 2. The molecule has 0 aromatic carbocycles. The Bertz CT molecular complexity index is 850. The largest absolute Gasteiger partial charge is 0.383 e. The van der Waals surface area contributed by atoms with E-state index in [9.17, 15) is 0 Å². The fourth-order valence-electron chi connectivity index (χ4n) is 3.24. The van der Waals surface area contributed by atoms with Crippen LogP contribution in [0.15, 0.2) is 41.9 Å². The van der Waals surface area contributed by atoms with Gasteiger partial charge in [0.25, 0.3) is 0 Å². The molecule has 0 spiro atoms. The van der Waals surface area contributed by atoms with E-state index in [-0.39, 0.29) is 0 Å². The fourth-order valence-corrected chi connectivity index (χ4v) is 3.63. The Hall–Kier alpha value is -2.45. The Morgan fingerprint density at radius 3 is 2.89 bits per heavy atom. The van der Waals surface area contributed by atoms with Crippen molar-refractivity contribution in [2.24, 2.45) is 5.10 Å². The lowest BCUT2D eigenvalue weighted by molar-refractivity contribution is 0.381. The van der Waals surface area contributed by atoms with Gasteiger partial charge >= 0.3 is 0 Å². The summed E-state index contributed by atoms with van der Waals surface area (Å²) in [6, 6.07) is 5.91. The van der Waals surface area contributed by atoms with E-state index < -0.39 is 0 Å². The Balaban J connectivity index is 1.36. The average molecular weight is 402 g/mol. The molecule has 2 aliphatic heterocycles. The molecule has 140 valence electrons. The fraction of sp³-hybridized carbons (Fsp3) is 0.333. The van der Waals surface area contributed by atoms with Crippen LogP contribution >= 0.6 is 23.8 Å². The summed E-state index contributed by atoms with van der Waals surface area (Å²) >= 11 is 11.6. The zero-order chi connectivity index (χ0) is 18.6. The molecule has 0 bridgehead atoms. The first kappa shape index (κ1) is 17.9. The monoisotopic (exact) mass is 401 g/mol. The predicted octanol–water partition coefficient (Wildman–Crippen LogP) is 2.35. The highest BCUT2D eigenvalue weighted by molar-refractivity contribution is 7.80. The molecule has 9 heteroatoms. The van der Waals surface area contributed by atoms with Gasteiger partial charge in [-0.15, -0.1) is 0 Å². The molecule has 0 amide bonds. The molecule has 0 unspecified atom stereocenters. The third kappa shape index (κ3) is 4.12. The van der Waals surface area contributed by atoms with Crippen molar-refractivity contribution in [3.63, 3.8) is 0 Å². The van der Waals surface area contributed by atoms with Gasteiger partial charge in [-0.1, -0.05) is 11.6 Å². The normalized spacial score (nSPS) is 18.0. The quantitative estimate of drug-likeness (QED) is 0.591. The summed E-state index contributed by atoms with van der Waals surface area (Å²) in [6.45, 7) is 4.29. The summed E-state index contributed by atoms with van der Waals surface area (Å²) in [5.74, 6) is 0. The number of halogens is 1. The first-order chi connectivity index (χ1) is 13.2. The lowest BCUT2D eigenvalue weighted by Gasteiger charge is -2.36. The highest BCUT2D eigenvalue weighted by Crippen LogP contribution is 2.23. The van der Waals surface area contributed by atoms with Crippen LogP contribution in [-0.4, -0.2) is 58.4 Å². The molecule has 4 heterocycles. The zero-order valence-electron chi connectivity index (χ0n) is 14.7. The van der Waals surface area contributed by atoms with Gasteiger partial charge in [0.15, 0.2) is 5.11 Å². The van der Waals surface area contributed by atoms with Gasteiger partial charge in [-0.05, 0) is 30.4 Å². The third-order valence-corrected chi connectivity index (χ3v) is 5.23. The van der Waals surface area contributed by atoms with Crippen molar-refractivity contribution in [3.05, 3.63) is 47.5 Å². The number of hydrogen-bond donors (Lipinski definition) is 2. The Morgan fingerprint density at radius 2 is 2.11 bits per heavy atom. The molecule has 0 aliphatic carbocycles. The number of anilines is 2. The van der Waals surface area contributed by atoms with Crippen molar-refractivity contribution in [1.29, 1.82) is 0 Å². The first-order valence-corrected chi connectivity index (χ1v) is 9.65. The van der Waals surface area contributed by atoms with Gasteiger partial charge in [0, 0.05) is 51.5 Å². The molecule has 2 N–H and O–H groups in total. The molecule has 27 heavy (non-hydrogen) atoms. The lowest BCUT2D eigenvalue weighted by Crippen LogP contribution is -2.51. The minimum absolute atomic E-state index is 0.609. The van der Waals surface area contributed by atoms with Gasteiger partial charge in [-0.3, -0.25) is 15.4 Å². The maximum absolute atomic E-state index is 6.02. The maximum atomic E-state index is 6.02. The summed E-state index contributed by atoms with van der Waals surface area (Å²) in [5.41, 5.74) is 6.81. The van der Waals surface area contributed by atoms with Gasteiger partial charge in [0.1, 0.15) is 5.69 Å². The van der Waals surface area contributed by atoms with Crippen molar-refractivity contribution < 1.29 is 0 Å². The molecule has 4 rings (SSSR count). The minimum atomic E-state index is 0.609. The summed E-state index contributed by atoms with van der Waals surface area (Å²) in [6.07, 6.45) is 6.11. The molecule has 1 saturated heterocycles. The number of aromatic nitrogens is 2. The maximum Gasteiger partial charge on any atom is 0.189 e. The SMILES string of the molecule is S=C(N/N=C1/CCNc2cc(Cl)cnc21)N1CCN(c2cccnc2)CC1. The molecular formula is C18H20ClN7S. The second-order valence-corrected chi connectivity index (χ2v) is 7.21. The molecule has 0 radical (unpaired) electrons. The number of hydrogen-bond acceptors (Lipinski definition) is 6. The van der Waals surface area contributed by atoms with Crippen molar-refractivity contribution in [1.82, 2.24) is 20.3 Å². The van der Waals surface area contributed by atoms with Crippen LogP contribution in [0.5, 0.6) is 0 Å². The average Bonchev–Trinajstić information content (AvgIpc) is 2.72. The zero-order valence-corrected chi connectivity index (χ0v) is 16.3. The van der Waals surface area contributed by atoms with Crippen LogP contribution in [-0.2, 0) is 0 Å². The predicted molar refractivity (Wildman–Crippen MR) is 113 cm³/mol. The lowest BCUT2D eigenvalue weighted by atomic mass is 10.1. The number of piperazine rings is 1. The van der Waals surface area contributed by atoms with Crippen molar-refractivity contribution in [3.8, 4) is 0 Å². The van der Waals surface area contributed by atoms with E-state index in [0.717, 1.165) is 61.9 Å². The number of pyridine rings is 2. The number of nitrogens with zero attached hydrogens (tertiary/aromatic N) is 5. The summed E-state index contributed by atoms with van der Waals surface area (Å²) in [4.78, 5) is 13.0. The van der Waals surface area contributed by atoms with Crippen LogP contribution < -0.4 is 15.6 Å². The molecule has 0 saturated carbocycles. The summed E-state index contributed by atoms with van der Waals surface area (Å²) < 4.78 is 0. The standard InChI is InChI=1S/C18H20ClN7S/c19-13-10-16-17(22-11-13)15(3-5-21-16)23-24-18(27)26-8-6-25(7-9-26)14-2-1-4-20-12-14/h1-2,4,10-12,21H,3,5-9H2,(H,24,27)/b23-15-. The van der Waals surface area contributed by atoms with Gasteiger partial charge in [0.05, 0.1) is 28.3 Å². The van der Waals surface area contributed by atoms with Crippen LogP contribution in [0.4, 0.5) is 11.4 Å². The van der Waals surface area contributed by atoms with E-state index in [0.29, 0.717) is 10.1 Å². The molecule has 2 aromatic heterocycles. The first-order valence-electron chi connectivity index (χ1n) is 8.87. The van der Waals surface area contributed by atoms with Crippen molar-refractivity contribution in [2.45, 2.75) is 6.42 Å². The summed E-state index contributed by atoms with van der Waals surface area (Å²) in [5, 5.41) is 9.07. The second-order valence-electron chi connectivity index (χ2n) is 6.39. The van der Waals surface area contributed by atoms with E-state index in [2.05, 4.69) is 41.7 Å². The minimum Gasteiger partial charge on any atom is -0.383 e. The van der Waals surface area contributed by atoms with Crippen LogP contribution in [0.1, 0.15) is 12.1 Å². The highest BCUT2D eigenvalue weighted by atomic mass is 35.5. The van der Waals surface area contributed by atoms with Crippen LogP contribution in [0, 0.1) is 0 Å². The molecule has 0 atom stereocenters. The van der Waals surface area contributed by atoms with E-state index in [4.69, 9.17) is 23.8 Å². The third-order valence-electron chi connectivity index (χ3n) is 4.67. The number of fused-ring (bicyclic) bond motifs is 1. The Morgan fingerprint density at radius 1 is 1.26 bits per heavy atom. The van der Waals surface area contributed by atoms with Gasteiger partial charge in [-0.25, -0.2) is 0 Å². The van der Waals surface area contributed by atoms with Crippen molar-refractivity contribution in [2.75, 3.05) is 42.9 Å². The Labute approximate surface area is 168 Å². The number of thiocarbonyl (C=S) groups is 1. The molecule has 2 aromatic rings. The Kier molecular flexibility index (Phi) is 5.35. The van der Waals surface area contributed by atoms with Crippen LogP contribution in [0.2, 0.25) is 5.02 Å². The summed E-state index contributed by atoms with van der Waals surface area (Å²) in [7, 11) is 0. The highest BCUT2D eigenvalue weighted by Gasteiger charge is 2.20. The van der Waals surface area contributed by atoms with Crippen molar-refractivity contribution >= 4 is 46.0 Å². The molecule has 7 nitrogen and oxygen atoms in total. The van der Waals surface area contributed by atoms with E-state index in [1.54, 1.807) is 12.4 Å². The number of rotatable bonds is 2. The van der Waals surface area contributed by atoms with Gasteiger partial charge in [0.2, 0.25) is 0 Å². The molecule has 1 fully saturated rings.